The zero-order valence-corrected chi connectivity index (χ0v) is 20.4. The average Bonchev–Trinajstić information content (AvgIpc) is 2.77. The molecule has 0 saturated carbocycles. The van der Waals surface area contributed by atoms with Crippen LogP contribution in [-0.4, -0.2) is 57.3 Å². The number of methoxy groups -OCH3 is 3. The summed E-state index contributed by atoms with van der Waals surface area (Å²) in [6.45, 7) is 9.62. The number of hydrogen-bond donors (Lipinski definition) is 1. The Bertz CT molecular complexity index is 955. The van der Waals surface area contributed by atoms with Crippen LogP contribution in [0, 0.1) is 0 Å². The molecule has 7 nitrogen and oxygen atoms in total. The van der Waals surface area contributed by atoms with Gasteiger partial charge in [-0.25, -0.2) is 0 Å². The van der Waals surface area contributed by atoms with E-state index in [9.17, 15) is 5.11 Å². The third-order valence-electron chi connectivity index (χ3n) is 5.85. The second-order valence-electron chi connectivity index (χ2n) is 8.70. The monoisotopic (exact) mass is 460 g/mol. The van der Waals surface area contributed by atoms with Crippen molar-refractivity contribution < 1.29 is 33.5 Å². The van der Waals surface area contributed by atoms with E-state index in [1.807, 2.05) is 45.0 Å². The van der Waals surface area contributed by atoms with Crippen molar-refractivity contribution in [2.45, 2.75) is 63.8 Å². The van der Waals surface area contributed by atoms with E-state index in [0.717, 1.165) is 16.3 Å². The first kappa shape index (κ1) is 25.5. The molecule has 0 aromatic heterocycles. The number of ether oxygens (including phenoxy) is 6. The third kappa shape index (κ3) is 5.34. The zero-order chi connectivity index (χ0) is 24.2. The van der Waals surface area contributed by atoms with Crippen molar-refractivity contribution in [1.82, 2.24) is 0 Å². The van der Waals surface area contributed by atoms with Crippen molar-refractivity contribution in [3.05, 3.63) is 48.0 Å². The molecule has 2 aromatic carbocycles. The van der Waals surface area contributed by atoms with Crippen LogP contribution in [0.1, 0.15) is 44.4 Å². The summed E-state index contributed by atoms with van der Waals surface area (Å²) >= 11 is 0. The van der Waals surface area contributed by atoms with Gasteiger partial charge in [-0.2, -0.15) is 0 Å². The highest BCUT2D eigenvalue weighted by Crippen LogP contribution is 2.46. The number of aliphatic hydroxyl groups is 1. The summed E-state index contributed by atoms with van der Waals surface area (Å²) < 4.78 is 35.0. The molecule has 2 aromatic rings. The Morgan fingerprint density at radius 3 is 2.30 bits per heavy atom. The van der Waals surface area contributed by atoms with Crippen LogP contribution in [0.5, 0.6) is 11.5 Å². The van der Waals surface area contributed by atoms with Gasteiger partial charge in [0.15, 0.2) is 5.79 Å². The quantitative estimate of drug-likeness (QED) is 0.412. The van der Waals surface area contributed by atoms with Crippen LogP contribution in [-0.2, 0) is 25.4 Å². The molecule has 33 heavy (non-hydrogen) atoms. The molecule has 0 amide bonds. The van der Waals surface area contributed by atoms with Crippen LogP contribution < -0.4 is 9.47 Å². The first-order valence-corrected chi connectivity index (χ1v) is 11.2. The molecule has 1 saturated heterocycles. The van der Waals surface area contributed by atoms with Crippen molar-refractivity contribution in [3.63, 3.8) is 0 Å². The predicted molar refractivity (Wildman–Crippen MR) is 127 cm³/mol. The number of fused-ring (bicyclic) bond motifs is 1. The topological polar surface area (TPSA) is 75.6 Å². The fraction of sp³-hybridized carbons (Fsp3) is 0.538. The second-order valence-corrected chi connectivity index (χ2v) is 8.70. The summed E-state index contributed by atoms with van der Waals surface area (Å²) in [6, 6.07) is 7.80. The molecule has 1 heterocycles. The molecule has 1 aliphatic heterocycles. The zero-order valence-electron chi connectivity index (χ0n) is 20.4. The number of benzene rings is 2. The van der Waals surface area contributed by atoms with Gasteiger partial charge < -0.3 is 33.5 Å². The van der Waals surface area contributed by atoms with E-state index in [0.29, 0.717) is 29.9 Å². The smallest absolute Gasteiger partial charge is 0.163 e. The van der Waals surface area contributed by atoms with Gasteiger partial charge in [0.05, 0.1) is 26.4 Å². The third-order valence-corrected chi connectivity index (χ3v) is 5.85. The highest BCUT2D eigenvalue weighted by Gasteiger charge is 2.43. The molecular weight excluding hydrogens is 424 g/mol. The van der Waals surface area contributed by atoms with E-state index in [1.54, 1.807) is 27.4 Å². The Hall–Kier alpha value is -2.16. The summed E-state index contributed by atoms with van der Waals surface area (Å²) in [5.74, 6) is 0.430. The molecule has 182 valence electrons. The van der Waals surface area contributed by atoms with E-state index in [1.165, 1.54) is 0 Å². The Morgan fingerprint density at radius 1 is 1.12 bits per heavy atom. The lowest BCUT2D eigenvalue weighted by Crippen LogP contribution is -2.50. The number of rotatable bonds is 10. The van der Waals surface area contributed by atoms with E-state index in [-0.39, 0.29) is 12.9 Å². The second kappa shape index (κ2) is 10.8. The van der Waals surface area contributed by atoms with Crippen molar-refractivity contribution in [2.75, 3.05) is 28.1 Å². The van der Waals surface area contributed by atoms with Crippen LogP contribution in [0.3, 0.4) is 0 Å². The van der Waals surface area contributed by atoms with Gasteiger partial charge in [0.2, 0.25) is 0 Å². The molecule has 0 spiro atoms. The van der Waals surface area contributed by atoms with E-state index in [4.69, 9.17) is 28.4 Å². The lowest BCUT2D eigenvalue weighted by molar-refractivity contribution is -0.321. The Balaban J connectivity index is 2.20. The number of aliphatic hydroxyl groups excluding tert-OH is 1. The first-order chi connectivity index (χ1) is 15.8. The van der Waals surface area contributed by atoms with Gasteiger partial charge in [-0.3, -0.25) is 0 Å². The minimum atomic E-state index is -1.09. The maximum absolute atomic E-state index is 11.8. The molecule has 7 heteroatoms. The number of allylic oxidation sites excluding steroid dienone is 1. The molecule has 1 unspecified atom stereocenters. The van der Waals surface area contributed by atoms with E-state index in [2.05, 4.69) is 6.58 Å². The summed E-state index contributed by atoms with van der Waals surface area (Å²) in [5.41, 5.74) is 1.38. The maximum atomic E-state index is 11.8. The van der Waals surface area contributed by atoms with Crippen molar-refractivity contribution >= 4 is 10.8 Å². The first-order valence-electron chi connectivity index (χ1n) is 11.2. The van der Waals surface area contributed by atoms with Gasteiger partial charge in [0.1, 0.15) is 30.5 Å². The maximum Gasteiger partial charge on any atom is 0.163 e. The Kier molecular flexibility index (Phi) is 8.37. The van der Waals surface area contributed by atoms with Gasteiger partial charge >= 0.3 is 0 Å². The minimum absolute atomic E-state index is 0.00107. The molecule has 3 rings (SSSR count). The highest BCUT2D eigenvalue weighted by molar-refractivity contribution is 5.96. The van der Waals surface area contributed by atoms with Crippen LogP contribution in [0.2, 0.25) is 0 Å². The predicted octanol–water partition coefficient (Wildman–Crippen LogP) is 4.54. The van der Waals surface area contributed by atoms with Crippen LogP contribution >= 0.6 is 0 Å². The normalized spacial score (nSPS) is 22.0. The fourth-order valence-electron chi connectivity index (χ4n) is 4.77. The van der Waals surface area contributed by atoms with Gasteiger partial charge in [0, 0.05) is 35.4 Å². The van der Waals surface area contributed by atoms with Crippen LogP contribution in [0.25, 0.3) is 10.8 Å². The molecule has 1 N–H and O–H groups in total. The molecule has 1 fully saturated rings. The molecule has 4 atom stereocenters. The van der Waals surface area contributed by atoms with Gasteiger partial charge in [-0.05, 0) is 27.2 Å². The van der Waals surface area contributed by atoms with Crippen molar-refractivity contribution in [2.24, 2.45) is 0 Å². The van der Waals surface area contributed by atoms with Gasteiger partial charge in [0.25, 0.3) is 0 Å². The lowest BCUT2D eigenvalue weighted by atomic mass is 9.88. The summed E-state index contributed by atoms with van der Waals surface area (Å²) in [6.07, 6.45) is 0.480. The molecule has 1 aliphatic rings. The summed E-state index contributed by atoms with van der Waals surface area (Å²) in [4.78, 5) is 0. The van der Waals surface area contributed by atoms with E-state index < -0.39 is 24.1 Å². The van der Waals surface area contributed by atoms with Gasteiger partial charge in [-0.15, -0.1) is 6.58 Å². The van der Waals surface area contributed by atoms with E-state index >= 15 is 0 Å². The Labute approximate surface area is 196 Å². The molecule has 0 radical (unpaired) electrons. The van der Waals surface area contributed by atoms with Crippen molar-refractivity contribution in [1.29, 1.82) is 0 Å². The fourth-order valence-corrected chi connectivity index (χ4v) is 4.77. The molecule has 0 bridgehead atoms. The van der Waals surface area contributed by atoms with Crippen LogP contribution in [0.4, 0.5) is 0 Å². The summed E-state index contributed by atoms with van der Waals surface area (Å²) in [7, 11) is 4.77. The standard InChI is InChI=1S/C26H36O7/c1-8-11-19-21(24(30-7)18-13-10-9-12-17(18)23(19)29-6)22(27)25(31-15-28-5)20-14-16(2)32-26(3,4)33-20/h8-10,12-13,16,20,22,25,27H,1,11,14-15H2,2-7H3/t16-,20-,22?,25-/m0/s1. The van der Waals surface area contributed by atoms with Crippen LogP contribution in [0.15, 0.2) is 36.9 Å². The largest absolute Gasteiger partial charge is 0.496 e. The Morgan fingerprint density at radius 2 is 1.76 bits per heavy atom. The highest BCUT2D eigenvalue weighted by atomic mass is 16.7. The van der Waals surface area contributed by atoms with Gasteiger partial charge in [-0.1, -0.05) is 30.3 Å². The summed E-state index contributed by atoms with van der Waals surface area (Å²) in [5, 5.41) is 13.6. The number of hydrogen-bond acceptors (Lipinski definition) is 7. The molecular formula is C26H36O7. The van der Waals surface area contributed by atoms with Crippen molar-refractivity contribution in [3.8, 4) is 11.5 Å². The minimum Gasteiger partial charge on any atom is -0.496 e. The molecule has 0 aliphatic carbocycles. The SMILES string of the molecule is C=CCc1c(C(O)[C@@H](OCOC)[C@@H]2C[C@H](C)OC(C)(C)O2)c(OC)c2ccccc2c1OC. The lowest BCUT2D eigenvalue weighted by Gasteiger charge is -2.43. The average molecular weight is 461 g/mol.